The minimum Gasteiger partial charge on any atom is -0.356 e. The summed E-state index contributed by atoms with van der Waals surface area (Å²) in [5.74, 6) is 1.21. The molecule has 0 bridgehead atoms. The van der Waals surface area contributed by atoms with Gasteiger partial charge in [-0.3, -0.25) is 9.89 Å². The van der Waals surface area contributed by atoms with Crippen LogP contribution in [0.1, 0.15) is 19.4 Å². The van der Waals surface area contributed by atoms with Gasteiger partial charge in [-0.25, -0.2) is 14.4 Å². The third-order valence-electron chi connectivity index (χ3n) is 5.51. The summed E-state index contributed by atoms with van der Waals surface area (Å²) in [5.41, 5.74) is 0.622. The molecule has 7 nitrogen and oxygen atoms in total. The van der Waals surface area contributed by atoms with Gasteiger partial charge in [-0.05, 0) is 23.8 Å². The number of aromatic nitrogens is 2. The molecule has 0 saturated carbocycles. The van der Waals surface area contributed by atoms with Crippen LogP contribution in [0.3, 0.4) is 0 Å². The standard InChI is InChI=1S/C22H31ClFN7/c1-22(2,18-6-5-17(24)15-19(18)23)16-29-20(25-3)26-9-10-30-11-13-31(14-12-30)21-27-7-4-8-28-21/h4-8,15H,9-14,16H2,1-3H3,(H2,25,26,29). The fourth-order valence-electron chi connectivity index (χ4n) is 3.62. The molecule has 0 aliphatic carbocycles. The zero-order chi connectivity index (χ0) is 22.3. The fraction of sp³-hybridized carbons (Fsp3) is 0.500. The minimum atomic E-state index is -0.327. The molecule has 2 N–H and O–H groups in total. The normalized spacial score (nSPS) is 15.8. The van der Waals surface area contributed by atoms with Crippen molar-refractivity contribution in [2.45, 2.75) is 19.3 Å². The fourth-order valence-corrected chi connectivity index (χ4v) is 4.04. The first kappa shape index (κ1) is 23.2. The Morgan fingerprint density at radius 3 is 2.52 bits per heavy atom. The highest BCUT2D eigenvalue weighted by atomic mass is 35.5. The van der Waals surface area contributed by atoms with Gasteiger partial charge in [0.15, 0.2) is 5.96 Å². The van der Waals surface area contributed by atoms with Crippen molar-refractivity contribution >= 4 is 23.5 Å². The van der Waals surface area contributed by atoms with E-state index in [1.54, 1.807) is 25.5 Å². The lowest BCUT2D eigenvalue weighted by Crippen LogP contribution is -2.50. The molecular weight excluding hydrogens is 417 g/mol. The second-order valence-corrected chi connectivity index (χ2v) is 8.65. The Morgan fingerprint density at radius 1 is 1.16 bits per heavy atom. The van der Waals surface area contributed by atoms with E-state index in [1.165, 1.54) is 12.1 Å². The molecule has 1 aromatic carbocycles. The van der Waals surface area contributed by atoms with E-state index >= 15 is 0 Å². The summed E-state index contributed by atoms with van der Waals surface area (Å²) in [6.45, 7) is 10.3. The van der Waals surface area contributed by atoms with Crippen LogP contribution in [0.25, 0.3) is 0 Å². The maximum Gasteiger partial charge on any atom is 0.225 e. The van der Waals surface area contributed by atoms with Crippen molar-refractivity contribution in [3.63, 3.8) is 0 Å². The number of piperazine rings is 1. The monoisotopic (exact) mass is 447 g/mol. The minimum absolute atomic E-state index is 0.280. The average molecular weight is 448 g/mol. The van der Waals surface area contributed by atoms with Gasteiger partial charge in [0.2, 0.25) is 5.95 Å². The Labute approximate surface area is 188 Å². The molecule has 9 heteroatoms. The molecule has 1 saturated heterocycles. The number of guanidine groups is 1. The van der Waals surface area contributed by atoms with Crippen molar-refractivity contribution in [2.75, 3.05) is 57.8 Å². The summed E-state index contributed by atoms with van der Waals surface area (Å²) in [6, 6.07) is 6.38. The third-order valence-corrected chi connectivity index (χ3v) is 5.82. The average Bonchev–Trinajstić information content (AvgIpc) is 2.77. The zero-order valence-corrected chi connectivity index (χ0v) is 19.2. The number of nitrogens with zero attached hydrogens (tertiary/aromatic N) is 5. The van der Waals surface area contributed by atoms with E-state index in [1.807, 2.05) is 6.07 Å². The van der Waals surface area contributed by atoms with E-state index in [-0.39, 0.29) is 11.2 Å². The van der Waals surface area contributed by atoms with Crippen LogP contribution < -0.4 is 15.5 Å². The second-order valence-electron chi connectivity index (χ2n) is 8.24. The van der Waals surface area contributed by atoms with E-state index in [0.717, 1.165) is 56.7 Å². The van der Waals surface area contributed by atoms with E-state index in [4.69, 9.17) is 11.6 Å². The van der Waals surface area contributed by atoms with Gasteiger partial charge in [0.05, 0.1) is 0 Å². The van der Waals surface area contributed by atoms with E-state index in [0.29, 0.717) is 11.6 Å². The Kier molecular flexibility index (Phi) is 8.03. The Balaban J connectivity index is 1.41. The van der Waals surface area contributed by atoms with Crippen LogP contribution in [0.15, 0.2) is 41.7 Å². The largest absolute Gasteiger partial charge is 0.356 e. The van der Waals surface area contributed by atoms with Crippen molar-refractivity contribution < 1.29 is 4.39 Å². The molecule has 0 unspecified atom stereocenters. The van der Waals surface area contributed by atoms with Crippen LogP contribution in [0.2, 0.25) is 5.02 Å². The molecule has 2 heterocycles. The van der Waals surface area contributed by atoms with Crippen molar-refractivity contribution in [1.29, 1.82) is 0 Å². The molecule has 0 atom stereocenters. The second kappa shape index (κ2) is 10.7. The number of aliphatic imine (C=N–C) groups is 1. The molecule has 0 amide bonds. The highest BCUT2D eigenvalue weighted by Gasteiger charge is 2.24. The maximum absolute atomic E-state index is 13.4. The van der Waals surface area contributed by atoms with Gasteiger partial charge in [0.25, 0.3) is 0 Å². The highest BCUT2D eigenvalue weighted by molar-refractivity contribution is 6.31. The predicted molar refractivity (Wildman–Crippen MR) is 124 cm³/mol. The summed E-state index contributed by atoms with van der Waals surface area (Å²) in [5, 5.41) is 7.17. The van der Waals surface area contributed by atoms with Crippen LogP contribution in [-0.2, 0) is 5.41 Å². The van der Waals surface area contributed by atoms with E-state index in [9.17, 15) is 4.39 Å². The lowest BCUT2D eigenvalue weighted by molar-refractivity contribution is 0.260. The lowest BCUT2D eigenvalue weighted by atomic mass is 9.84. The predicted octanol–water partition coefficient (Wildman–Crippen LogP) is 2.53. The van der Waals surface area contributed by atoms with Crippen molar-refractivity contribution in [3.05, 3.63) is 53.1 Å². The van der Waals surface area contributed by atoms with Gasteiger partial charge in [0, 0.05) is 75.7 Å². The highest BCUT2D eigenvalue weighted by Crippen LogP contribution is 2.29. The van der Waals surface area contributed by atoms with Gasteiger partial charge in [-0.15, -0.1) is 0 Å². The molecule has 31 heavy (non-hydrogen) atoms. The smallest absolute Gasteiger partial charge is 0.225 e. The summed E-state index contributed by atoms with van der Waals surface area (Å²) in [6.07, 6.45) is 3.56. The van der Waals surface area contributed by atoms with Gasteiger partial charge in [-0.1, -0.05) is 31.5 Å². The number of hydrogen-bond acceptors (Lipinski definition) is 5. The van der Waals surface area contributed by atoms with Gasteiger partial charge >= 0.3 is 0 Å². The molecule has 0 spiro atoms. The number of rotatable bonds is 7. The molecule has 0 radical (unpaired) electrons. The van der Waals surface area contributed by atoms with Gasteiger partial charge in [0.1, 0.15) is 5.82 Å². The summed E-state index contributed by atoms with van der Waals surface area (Å²) < 4.78 is 13.4. The third kappa shape index (κ3) is 6.51. The first-order chi connectivity index (χ1) is 14.9. The van der Waals surface area contributed by atoms with E-state index < -0.39 is 0 Å². The topological polar surface area (TPSA) is 68.7 Å². The van der Waals surface area contributed by atoms with Gasteiger partial charge in [-0.2, -0.15) is 0 Å². The maximum atomic E-state index is 13.4. The van der Waals surface area contributed by atoms with Crippen LogP contribution in [0.4, 0.5) is 10.3 Å². The summed E-state index contributed by atoms with van der Waals surface area (Å²) >= 11 is 6.25. The van der Waals surface area contributed by atoms with Crippen LogP contribution in [0, 0.1) is 5.82 Å². The molecule has 3 rings (SSSR count). The van der Waals surface area contributed by atoms with Crippen molar-refractivity contribution in [2.24, 2.45) is 4.99 Å². The van der Waals surface area contributed by atoms with Crippen LogP contribution in [0.5, 0.6) is 0 Å². The Morgan fingerprint density at radius 2 is 1.87 bits per heavy atom. The van der Waals surface area contributed by atoms with Crippen LogP contribution in [-0.4, -0.2) is 73.7 Å². The molecule has 2 aromatic rings. The molecule has 1 aromatic heterocycles. The number of halogens is 2. The molecule has 168 valence electrons. The van der Waals surface area contributed by atoms with Gasteiger partial charge < -0.3 is 15.5 Å². The molecule has 1 fully saturated rings. The number of nitrogens with one attached hydrogen (secondary N) is 2. The lowest BCUT2D eigenvalue weighted by Gasteiger charge is -2.34. The number of hydrogen-bond donors (Lipinski definition) is 2. The first-order valence-electron chi connectivity index (χ1n) is 10.5. The number of anilines is 1. The molecule has 1 aliphatic heterocycles. The Bertz CT molecular complexity index is 867. The summed E-state index contributed by atoms with van der Waals surface area (Å²) in [4.78, 5) is 17.6. The zero-order valence-electron chi connectivity index (χ0n) is 18.4. The van der Waals surface area contributed by atoms with Crippen molar-refractivity contribution in [1.82, 2.24) is 25.5 Å². The number of benzene rings is 1. The SMILES string of the molecule is CN=C(NCCN1CCN(c2ncccn2)CC1)NCC(C)(C)c1ccc(F)cc1Cl. The van der Waals surface area contributed by atoms with E-state index in [2.05, 4.69) is 49.2 Å². The Hall–Kier alpha value is -2.45. The molecule has 1 aliphatic rings. The van der Waals surface area contributed by atoms with Crippen LogP contribution >= 0.6 is 11.6 Å². The first-order valence-corrected chi connectivity index (χ1v) is 10.9. The molecular formula is C22H31ClFN7. The quantitative estimate of drug-likeness (QED) is 0.502. The van der Waals surface area contributed by atoms with Crippen molar-refractivity contribution in [3.8, 4) is 0 Å². The summed E-state index contributed by atoms with van der Waals surface area (Å²) in [7, 11) is 1.76.